The van der Waals surface area contributed by atoms with Gasteiger partial charge in [-0.3, -0.25) is 14.5 Å². The number of pyridine rings is 1. The summed E-state index contributed by atoms with van der Waals surface area (Å²) in [4.78, 5) is 26.6. The van der Waals surface area contributed by atoms with Gasteiger partial charge in [0.25, 0.3) is 0 Å². The van der Waals surface area contributed by atoms with Crippen LogP contribution in [0.5, 0.6) is 0 Å². The monoisotopic (exact) mass is 459 g/mol. The molecule has 1 N–H and O–H groups in total. The molecule has 1 aliphatic rings. The molecule has 0 radical (unpaired) electrons. The molecule has 174 valence electrons. The minimum Gasteiger partial charge on any atom is -0.346 e. The topological polar surface area (TPSA) is 88.8 Å². The largest absolute Gasteiger partial charge is 0.433 e. The molecule has 0 bridgehead atoms. The van der Waals surface area contributed by atoms with Crippen LogP contribution in [0.1, 0.15) is 48.2 Å². The van der Waals surface area contributed by atoms with Gasteiger partial charge in [0.05, 0.1) is 17.9 Å². The van der Waals surface area contributed by atoms with E-state index in [0.29, 0.717) is 41.4 Å². The van der Waals surface area contributed by atoms with Crippen molar-refractivity contribution in [3.8, 4) is 0 Å². The first kappa shape index (κ1) is 22.7. The van der Waals surface area contributed by atoms with Crippen molar-refractivity contribution in [1.82, 2.24) is 24.7 Å². The lowest BCUT2D eigenvalue weighted by atomic mass is 10.1. The first-order chi connectivity index (χ1) is 15.5. The molecule has 3 aromatic rings. The number of halogens is 3. The summed E-state index contributed by atoms with van der Waals surface area (Å²) in [7, 11) is 1.83. The van der Waals surface area contributed by atoms with Crippen molar-refractivity contribution in [1.29, 1.82) is 0 Å². The van der Waals surface area contributed by atoms with Crippen molar-refractivity contribution in [2.75, 3.05) is 17.3 Å². The number of nitrogens with zero attached hydrogens (tertiary/aromatic N) is 6. The summed E-state index contributed by atoms with van der Waals surface area (Å²) in [6.45, 7) is 5.51. The van der Waals surface area contributed by atoms with E-state index in [1.54, 1.807) is 10.9 Å². The molecular formula is C22H24F3N7O. The van der Waals surface area contributed by atoms with Crippen LogP contribution in [0.2, 0.25) is 0 Å². The average molecular weight is 459 g/mol. The summed E-state index contributed by atoms with van der Waals surface area (Å²) in [5, 5.41) is 7.23. The van der Waals surface area contributed by atoms with Gasteiger partial charge in [0.2, 0.25) is 5.91 Å². The van der Waals surface area contributed by atoms with Crippen LogP contribution in [0.25, 0.3) is 0 Å². The number of alkyl halides is 3. The van der Waals surface area contributed by atoms with Crippen LogP contribution in [0.15, 0.2) is 30.7 Å². The lowest BCUT2D eigenvalue weighted by molar-refractivity contribution is -0.141. The normalized spacial score (nSPS) is 17.0. The van der Waals surface area contributed by atoms with Crippen LogP contribution >= 0.6 is 0 Å². The molecule has 1 aliphatic heterocycles. The van der Waals surface area contributed by atoms with E-state index in [2.05, 4.69) is 25.4 Å². The van der Waals surface area contributed by atoms with Gasteiger partial charge >= 0.3 is 6.18 Å². The molecule has 8 nitrogen and oxygen atoms in total. The van der Waals surface area contributed by atoms with Crippen LogP contribution < -0.4 is 10.2 Å². The summed E-state index contributed by atoms with van der Waals surface area (Å²) >= 11 is 0. The molecule has 2 atom stereocenters. The van der Waals surface area contributed by atoms with Gasteiger partial charge in [-0.25, -0.2) is 9.97 Å². The molecule has 11 heteroatoms. The van der Waals surface area contributed by atoms with Gasteiger partial charge in [-0.15, -0.1) is 0 Å². The summed E-state index contributed by atoms with van der Waals surface area (Å²) in [6.07, 6.45) is 1.58. The Morgan fingerprint density at radius 3 is 2.61 bits per heavy atom. The standard InChI is InChI=1S/C22H24F3N7O/c1-12-19-20(31(4)14(3)21(33)30-19)29-18(28-12)8-5-15-9-27-32(11-15)13(2)16-6-7-17(26-10-16)22(23,24)25/h6-7,9-11,13-14H,5,8H2,1-4H3,(H,30,33)/t13-,14+/m1/s1. The molecule has 0 spiro atoms. The van der Waals surface area contributed by atoms with Crippen LogP contribution in [-0.4, -0.2) is 43.7 Å². The van der Waals surface area contributed by atoms with Crippen LogP contribution in [0.4, 0.5) is 24.7 Å². The number of fused-ring (bicyclic) bond motifs is 1. The zero-order chi connectivity index (χ0) is 23.9. The van der Waals surface area contributed by atoms with Crippen molar-refractivity contribution in [3.63, 3.8) is 0 Å². The Morgan fingerprint density at radius 2 is 1.94 bits per heavy atom. The van der Waals surface area contributed by atoms with E-state index in [1.165, 1.54) is 12.3 Å². The number of nitrogens with one attached hydrogen (secondary N) is 1. The van der Waals surface area contributed by atoms with E-state index in [-0.39, 0.29) is 18.0 Å². The lowest BCUT2D eigenvalue weighted by Crippen LogP contribution is -2.45. The third kappa shape index (κ3) is 4.53. The Hall–Kier alpha value is -3.50. The SMILES string of the molecule is Cc1nc(CCc2cnn([C@H](C)c3ccc(C(F)(F)F)nc3)c2)nc2c1NC(=O)[C@H](C)N2C. The highest BCUT2D eigenvalue weighted by atomic mass is 19.4. The molecule has 4 heterocycles. The van der Waals surface area contributed by atoms with Crippen molar-refractivity contribution in [2.45, 2.75) is 51.9 Å². The molecule has 1 amide bonds. The molecule has 33 heavy (non-hydrogen) atoms. The number of hydrogen-bond acceptors (Lipinski definition) is 6. The van der Waals surface area contributed by atoms with E-state index in [1.807, 2.05) is 38.9 Å². The molecule has 4 rings (SSSR count). The van der Waals surface area contributed by atoms with Crippen molar-refractivity contribution < 1.29 is 18.0 Å². The minimum atomic E-state index is -4.46. The Kier molecular flexibility index (Phi) is 5.81. The van der Waals surface area contributed by atoms with Gasteiger partial charge in [-0.1, -0.05) is 6.07 Å². The fourth-order valence-corrected chi connectivity index (χ4v) is 3.66. The fraction of sp³-hybridized carbons (Fsp3) is 0.409. The highest BCUT2D eigenvalue weighted by Crippen LogP contribution is 2.31. The number of aryl methyl sites for hydroxylation is 3. The smallest absolute Gasteiger partial charge is 0.346 e. The average Bonchev–Trinajstić information content (AvgIpc) is 3.25. The zero-order valence-electron chi connectivity index (χ0n) is 18.7. The quantitative estimate of drug-likeness (QED) is 0.628. The number of hydrogen-bond donors (Lipinski definition) is 1. The molecule has 0 unspecified atom stereocenters. The summed E-state index contributed by atoms with van der Waals surface area (Å²) < 4.78 is 39.9. The van der Waals surface area contributed by atoms with Gasteiger partial charge < -0.3 is 10.2 Å². The maximum absolute atomic E-state index is 12.7. The van der Waals surface area contributed by atoms with E-state index >= 15 is 0 Å². The molecule has 0 saturated carbocycles. The maximum atomic E-state index is 12.7. The van der Waals surface area contributed by atoms with Crippen LogP contribution in [-0.2, 0) is 23.8 Å². The summed E-state index contributed by atoms with van der Waals surface area (Å²) in [6, 6.07) is 1.81. The lowest BCUT2D eigenvalue weighted by Gasteiger charge is -2.32. The number of rotatable bonds is 5. The summed E-state index contributed by atoms with van der Waals surface area (Å²) in [5.74, 6) is 1.27. The highest BCUT2D eigenvalue weighted by molar-refractivity contribution is 6.02. The van der Waals surface area contributed by atoms with Gasteiger partial charge in [0.1, 0.15) is 23.2 Å². The van der Waals surface area contributed by atoms with E-state index in [4.69, 9.17) is 0 Å². The molecule has 0 fully saturated rings. The minimum absolute atomic E-state index is 0.0887. The Bertz CT molecular complexity index is 1170. The maximum Gasteiger partial charge on any atom is 0.433 e. The third-order valence-corrected chi connectivity index (χ3v) is 5.91. The molecular weight excluding hydrogens is 435 g/mol. The van der Waals surface area contributed by atoms with Crippen LogP contribution in [0.3, 0.4) is 0 Å². The fourth-order valence-electron chi connectivity index (χ4n) is 3.66. The van der Waals surface area contributed by atoms with E-state index in [9.17, 15) is 18.0 Å². The van der Waals surface area contributed by atoms with E-state index in [0.717, 1.165) is 11.6 Å². The Morgan fingerprint density at radius 1 is 1.18 bits per heavy atom. The molecule has 0 aromatic carbocycles. The van der Waals surface area contributed by atoms with E-state index < -0.39 is 11.9 Å². The number of likely N-dealkylation sites (N-methyl/N-ethyl adjacent to an activating group) is 1. The number of anilines is 2. The third-order valence-electron chi connectivity index (χ3n) is 5.91. The van der Waals surface area contributed by atoms with Gasteiger partial charge in [0, 0.05) is 25.9 Å². The summed E-state index contributed by atoms with van der Waals surface area (Å²) in [5.41, 5.74) is 2.01. The predicted molar refractivity (Wildman–Crippen MR) is 116 cm³/mol. The predicted octanol–water partition coefficient (Wildman–Crippen LogP) is 3.57. The Labute approximate surface area is 188 Å². The second kappa shape index (κ2) is 8.45. The number of amides is 1. The molecule has 3 aromatic heterocycles. The second-order valence-electron chi connectivity index (χ2n) is 8.18. The van der Waals surface area contributed by atoms with Gasteiger partial charge in [-0.2, -0.15) is 18.3 Å². The van der Waals surface area contributed by atoms with Gasteiger partial charge in [0.15, 0.2) is 5.82 Å². The van der Waals surface area contributed by atoms with Crippen molar-refractivity contribution in [2.24, 2.45) is 0 Å². The van der Waals surface area contributed by atoms with Crippen molar-refractivity contribution in [3.05, 3.63) is 59.1 Å². The first-order valence-corrected chi connectivity index (χ1v) is 10.5. The Balaban J connectivity index is 1.45. The zero-order valence-corrected chi connectivity index (χ0v) is 18.7. The van der Waals surface area contributed by atoms with Crippen molar-refractivity contribution >= 4 is 17.4 Å². The second-order valence-corrected chi connectivity index (χ2v) is 8.18. The highest BCUT2D eigenvalue weighted by Gasteiger charge is 2.32. The number of aromatic nitrogens is 5. The number of carbonyl (C=O) groups excluding carboxylic acids is 1. The number of carbonyl (C=O) groups is 1. The van der Waals surface area contributed by atoms with Crippen LogP contribution in [0, 0.1) is 6.92 Å². The molecule has 0 saturated heterocycles. The first-order valence-electron chi connectivity index (χ1n) is 10.5. The van der Waals surface area contributed by atoms with Gasteiger partial charge in [-0.05, 0) is 44.4 Å². The molecule has 0 aliphatic carbocycles.